The summed E-state index contributed by atoms with van der Waals surface area (Å²) < 4.78 is 18.4. The number of hydrogen-bond donors (Lipinski definition) is 0. The van der Waals surface area contributed by atoms with Crippen LogP contribution < -0.4 is 19.8 Å². The zero-order valence-electron chi connectivity index (χ0n) is 19.9. The van der Waals surface area contributed by atoms with Crippen LogP contribution in [0.1, 0.15) is 24.8 Å². The Morgan fingerprint density at radius 2 is 1.65 bits per heavy atom. The van der Waals surface area contributed by atoms with E-state index in [1.54, 1.807) is 18.8 Å². The lowest BCUT2D eigenvalue weighted by molar-refractivity contribution is 0.284. The average molecular weight is 459 g/mol. The molecule has 3 aromatic carbocycles. The minimum absolute atomic E-state index is 0.0166. The molecule has 0 aliphatic carbocycles. The number of aromatic nitrogens is 2. The molecular formula is C28H30N2O4. The third kappa shape index (κ3) is 5.22. The van der Waals surface area contributed by atoms with Crippen LogP contribution in [0.25, 0.3) is 22.3 Å². The van der Waals surface area contributed by atoms with Crippen molar-refractivity contribution >= 4 is 10.9 Å². The van der Waals surface area contributed by atoms with Crippen molar-refractivity contribution < 1.29 is 14.2 Å². The predicted molar refractivity (Wildman–Crippen MR) is 135 cm³/mol. The molecule has 0 spiro atoms. The summed E-state index contributed by atoms with van der Waals surface area (Å²) in [5.41, 5.74) is 2.71. The molecule has 0 aliphatic rings. The number of benzene rings is 3. The van der Waals surface area contributed by atoms with Gasteiger partial charge in [-0.25, -0.2) is 4.98 Å². The largest absolute Gasteiger partial charge is 0.497 e. The van der Waals surface area contributed by atoms with Crippen LogP contribution in [0.5, 0.6) is 17.2 Å². The molecule has 0 atom stereocenters. The molecule has 0 saturated carbocycles. The van der Waals surface area contributed by atoms with Crippen LogP contribution in [0, 0.1) is 6.92 Å². The molecule has 0 N–H and O–H groups in total. The molecule has 176 valence electrons. The van der Waals surface area contributed by atoms with E-state index in [1.807, 2.05) is 73.7 Å². The Bertz CT molecular complexity index is 1310. The smallest absolute Gasteiger partial charge is 0.261 e. The van der Waals surface area contributed by atoms with Gasteiger partial charge in [0.1, 0.15) is 11.6 Å². The summed E-state index contributed by atoms with van der Waals surface area (Å²) in [6, 6.07) is 21.1. The molecule has 0 saturated heterocycles. The maximum atomic E-state index is 13.3. The van der Waals surface area contributed by atoms with Gasteiger partial charge in [0.2, 0.25) is 0 Å². The second-order valence-electron chi connectivity index (χ2n) is 8.20. The fourth-order valence-corrected chi connectivity index (χ4v) is 3.96. The lowest BCUT2D eigenvalue weighted by Crippen LogP contribution is -2.23. The molecule has 0 fully saturated rings. The van der Waals surface area contributed by atoms with Gasteiger partial charge >= 0.3 is 0 Å². The Labute approximate surface area is 199 Å². The zero-order valence-corrected chi connectivity index (χ0v) is 19.9. The number of fused-ring (bicyclic) bond motifs is 1. The topological polar surface area (TPSA) is 62.6 Å². The van der Waals surface area contributed by atoms with Gasteiger partial charge in [-0.15, -0.1) is 0 Å². The molecule has 0 bridgehead atoms. The van der Waals surface area contributed by atoms with Crippen molar-refractivity contribution in [1.29, 1.82) is 0 Å². The second-order valence-corrected chi connectivity index (χ2v) is 8.20. The first kappa shape index (κ1) is 23.4. The molecule has 4 aromatic rings. The number of nitrogens with zero attached hydrogens (tertiary/aromatic N) is 2. The van der Waals surface area contributed by atoms with Crippen LogP contribution in [0.4, 0.5) is 0 Å². The van der Waals surface area contributed by atoms with Crippen molar-refractivity contribution in [3.8, 4) is 28.6 Å². The maximum Gasteiger partial charge on any atom is 0.261 e. The van der Waals surface area contributed by atoms with Gasteiger partial charge in [-0.3, -0.25) is 9.36 Å². The molecule has 0 radical (unpaired) electrons. The summed E-state index contributed by atoms with van der Waals surface area (Å²) in [4.78, 5) is 18.1. The van der Waals surface area contributed by atoms with E-state index in [1.165, 1.54) is 0 Å². The van der Waals surface area contributed by atoms with Crippen molar-refractivity contribution in [3.05, 3.63) is 82.6 Å². The summed E-state index contributed by atoms with van der Waals surface area (Å²) in [5.74, 6) is 2.94. The number of unbranched alkanes of at least 4 members (excludes halogenated alkanes) is 2. The van der Waals surface area contributed by atoms with E-state index in [9.17, 15) is 4.79 Å². The van der Waals surface area contributed by atoms with Crippen LogP contribution in [0.2, 0.25) is 0 Å². The predicted octanol–water partition coefficient (Wildman–Crippen LogP) is 5.64. The van der Waals surface area contributed by atoms with Crippen LogP contribution in [0.15, 0.2) is 71.5 Å². The summed E-state index contributed by atoms with van der Waals surface area (Å²) >= 11 is 0. The Morgan fingerprint density at radius 1 is 0.853 bits per heavy atom. The van der Waals surface area contributed by atoms with E-state index in [0.29, 0.717) is 29.9 Å². The Morgan fingerprint density at radius 3 is 2.41 bits per heavy atom. The lowest BCUT2D eigenvalue weighted by Gasteiger charge is -2.14. The third-order valence-electron chi connectivity index (χ3n) is 5.81. The molecule has 6 heteroatoms. The van der Waals surface area contributed by atoms with Crippen molar-refractivity contribution in [1.82, 2.24) is 9.55 Å². The summed E-state index contributed by atoms with van der Waals surface area (Å²) in [6.07, 6.45) is 2.65. The fourth-order valence-electron chi connectivity index (χ4n) is 3.96. The van der Waals surface area contributed by atoms with Crippen LogP contribution in [-0.4, -0.2) is 30.4 Å². The van der Waals surface area contributed by atoms with Crippen LogP contribution in [0.3, 0.4) is 0 Å². The van der Waals surface area contributed by atoms with Crippen molar-refractivity contribution in [2.75, 3.05) is 20.8 Å². The Kier molecular flexibility index (Phi) is 7.48. The van der Waals surface area contributed by atoms with E-state index >= 15 is 0 Å². The normalized spacial score (nSPS) is 10.9. The van der Waals surface area contributed by atoms with Gasteiger partial charge < -0.3 is 14.2 Å². The van der Waals surface area contributed by atoms with E-state index in [0.717, 1.165) is 47.6 Å². The zero-order chi connectivity index (χ0) is 23.9. The fraction of sp³-hybridized carbons (Fsp3) is 0.286. The number of para-hydroxylation sites is 1. The highest BCUT2D eigenvalue weighted by Gasteiger charge is 2.13. The molecule has 34 heavy (non-hydrogen) atoms. The molecule has 1 aromatic heterocycles. The Hall–Kier alpha value is -3.80. The molecular weight excluding hydrogens is 428 g/mol. The van der Waals surface area contributed by atoms with E-state index in [4.69, 9.17) is 19.2 Å². The number of rotatable bonds is 10. The summed E-state index contributed by atoms with van der Waals surface area (Å²) in [5, 5.41) is 0.634. The molecule has 6 nitrogen and oxygen atoms in total. The Balaban J connectivity index is 1.45. The SMILES string of the molecule is COc1ccc(-c2nc3ccccc3c(=O)n2CCCCCOc2ccc(C)cc2OC)cc1. The highest BCUT2D eigenvalue weighted by atomic mass is 16.5. The maximum absolute atomic E-state index is 13.3. The van der Waals surface area contributed by atoms with Crippen LogP contribution in [-0.2, 0) is 6.54 Å². The van der Waals surface area contributed by atoms with Gasteiger partial charge in [-0.2, -0.15) is 0 Å². The van der Waals surface area contributed by atoms with Gasteiger partial charge in [0.05, 0.1) is 31.7 Å². The number of aryl methyl sites for hydroxylation is 1. The highest BCUT2D eigenvalue weighted by molar-refractivity contribution is 5.79. The first-order chi connectivity index (χ1) is 16.6. The van der Waals surface area contributed by atoms with E-state index < -0.39 is 0 Å². The van der Waals surface area contributed by atoms with Crippen LogP contribution >= 0.6 is 0 Å². The van der Waals surface area contributed by atoms with Crippen molar-refractivity contribution in [3.63, 3.8) is 0 Å². The lowest BCUT2D eigenvalue weighted by atomic mass is 10.1. The average Bonchev–Trinajstić information content (AvgIpc) is 2.87. The summed E-state index contributed by atoms with van der Waals surface area (Å²) in [7, 11) is 3.29. The van der Waals surface area contributed by atoms with Gasteiger partial charge in [-0.1, -0.05) is 18.2 Å². The quantitative estimate of drug-likeness (QED) is 0.288. The number of ether oxygens (including phenoxy) is 3. The van der Waals surface area contributed by atoms with E-state index in [-0.39, 0.29) is 5.56 Å². The van der Waals surface area contributed by atoms with Crippen molar-refractivity contribution in [2.45, 2.75) is 32.7 Å². The monoisotopic (exact) mass is 458 g/mol. The molecule has 4 rings (SSSR count). The highest BCUT2D eigenvalue weighted by Crippen LogP contribution is 2.28. The molecule has 0 amide bonds. The minimum Gasteiger partial charge on any atom is -0.497 e. The van der Waals surface area contributed by atoms with Gasteiger partial charge in [-0.05, 0) is 80.3 Å². The first-order valence-corrected chi connectivity index (χ1v) is 11.5. The number of hydrogen-bond acceptors (Lipinski definition) is 5. The first-order valence-electron chi connectivity index (χ1n) is 11.5. The third-order valence-corrected chi connectivity index (χ3v) is 5.81. The minimum atomic E-state index is -0.0166. The summed E-state index contributed by atoms with van der Waals surface area (Å²) in [6.45, 7) is 3.21. The molecule has 0 aliphatic heterocycles. The standard InChI is InChI=1S/C28H30N2O4/c1-20-11-16-25(26(19-20)33-3)34-18-8-4-7-17-30-27(21-12-14-22(32-2)15-13-21)29-24-10-6-5-9-23(24)28(30)31/h5-6,9-16,19H,4,7-8,17-18H2,1-3H3. The molecule has 1 heterocycles. The van der Waals surface area contributed by atoms with Crippen molar-refractivity contribution in [2.24, 2.45) is 0 Å². The number of methoxy groups -OCH3 is 2. The second kappa shape index (κ2) is 10.9. The van der Waals surface area contributed by atoms with E-state index in [2.05, 4.69) is 0 Å². The van der Waals surface area contributed by atoms with Gasteiger partial charge in [0.15, 0.2) is 11.5 Å². The van der Waals surface area contributed by atoms with Gasteiger partial charge in [0.25, 0.3) is 5.56 Å². The molecule has 0 unspecified atom stereocenters. The van der Waals surface area contributed by atoms with Gasteiger partial charge in [0, 0.05) is 12.1 Å².